The van der Waals surface area contributed by atoms with Crippen molar-refractivity contribution in [3.8, 4) is 0 Å². The van der Waals surface area contributed by atoms with E-state index in [4.69, 9.17) is 0 Å². The van der Waals surface area contributed by atoms with E-state index in [0.29, 0.717) is 6.42 Å². The Bertz CT molecular complexity index is 161. The molecule has 0 aromatic rings. The number of hydrogen-bond acceptors (Lipinski definition) is 4. The van der Waals surface area contributed by atoms with Gasteiger partial charge in [-0.2, -0.15) is 11.8 Å². The Morgan fingerprint density at radius 3 is 2.71 bits per heavy atom. The second kappa shape index (κ2) is 8.12. The summed E-state index contributed by atoms with van der Waals surface area (Å²) in [6.07, 6.45) is 3.93. The SMILES string of the molecule is COC(=O)C(C)CC(O)CCCSC. The predicted molar refractivity (Wildman–Crippen MR) is 59.4 cm³/mol. The number of rotatable bonds is 7. The molecule has 0 bridgehead atoms. The first-order chi connectivity index (χ1) is 6.61. The Hall–Kier alpha value is -0.220. The van der Waals surface area contributed by atoms with Crippen LogP contribution in [0.5, 0.6) is 0 Å². The van der Waals surface area contributed by atoms with Crippen molar-refractivity contribution in [3.05, 3.63) is 0 Å². The number of carbonyl (C=O) groups is 1. The minimum atomic E-state index is -0.378. The lowest BCUT2D eigenvalue weighted by molar-refractivity contribution is -0.145. The molecule has 2 unspecified atom stereocenters. The maximum atomic E-state index is 11.0. The van der Waals surface area contributed by atoms with Crippen molar-refractivity contribution in [2.24, 2.45) is 5.92 Å². The van der Waals surface area contributed by atoms with Crippen LogP contribution in [-0.2, 0) is 9.53 Å². The van der Waals surface area contributed by atoms with E-state index in [-0.39, 0.29) is 18.0 Å². The van der Waals surface area contributed by atoms with Crippen LogP contribution in [0.3, 0.4) is 0 Å². The molecular formula is C10H20O3S. The summed E-state index contributed by atoms with van der Waals surface area (Å²) in [7, 11) is 1.37. The first-order valence-electron chi connectivity index (χ1n) is 4.86. The summed E-state index contributed by atoms with van der Waals surface area (Å²) in [5.41, 5.74) is 0. The quantitative estimate of drug-likeness (QED) is 0.524. The molecule has 0 heterocycles. The average molecular weight is 220 g/mol. The van der Waals surface area contributed by atoms with Crippen molar-refractivity contribution in [2.45, 2.75) is 32.3 Å². The van der Waals surface area contributed by atoms with Crippen LogP contribution in [0.25, 0.3) is 0 Å². The van der Waals surface area contributed by atoms with Gasteiger partial charge in [0.1, 0.15) is 0 Å². The third-order valence-electron chi connectivity index (χ3n) is 2.11. The van der Waals surface area contributed by atoms with Gasteiger partial charge in [0.15, 0.2) is 0 Å². The van der Waals surface area contributed by atoms with Gasteiger partial charge < -0.3 is 9.84 Å². The largest absolute Gasteiger partial charge is 0.469 e. The molecule has 0 amide bonds. The van der Waals surface area contributed by atoms with Crippen LogP contribution < -0.4 is 0 Å². The number of esters is 1. The molecule has 3 nitrogen and oxygen atoms in total. The van der Waals surface area contributed by atoms with E-state index in [0.717, 1.165) is 18.6 Å². The minimum Gasteiger partial charge on any atom is -0.469 e. The highest BCUT2D eigenvalue weighted by Gasteiger charge is 2.17. The highest BCUT2D eigenvalue weighted by molar-refractivity contribution is 7.98. The van der Waals surface area contributed by atoms with Gasteiger partial charge in [0, 0.05) is 0 Å². The number of aliphatic hydroxyl groups is 1. The first-order valence-corrected chi connectivity index (χ1v) is 6.26. The van der Waals surface area contributed by atoms with Crippen molar-refractivity contribution >= 4 is 17.7 Å². The van der Waals surface area contributed by atoms with E-state index in [9.17, 15) is 9.90 Å². The fraction of sp³-hybridized carbons (Fsp3) is 0.900. The van der Waals surface area contributed by atoms with Crippen molar-refractivity contribution < 1.29 is 14.6 Å². The molecule has 0 aliphatic rings. The minimum absolute atomic E-state index is 0.204. The molecule has 84 valence electrons. The smallest absolute Gasteiger partial charge is 0.308 e. The zero-order valence-corrected chi connectivity index (χ0v) is 9.97. The van der Waals surface area contributed by atoms with Gasteiger partial charge in [0.25, 0.3) is 0 Å². The molecule has 0 aliphatic carbocycles. The number of aliphatic hydroxyl groups excluding tert-OH is 1. The van der Waals surface area contributed by atoms with Crippen molar-refractivity contribution in [1.82, 2.24) is 0 Å². The van der Waals surface area contributed by atoms with E-state index < -0.39 is 0 Å². The van der Waals surface area contributed by atoms with E-state index in [1.165, 1.54) is 7.11 Å². The summed E-state index contributed by atoms with van der Waals surface area (Å²) in [4.78, 5) is 11.0. The standard InChI is InChI=1S/C10H20O3S/c1-8(10(12)13-2)7-9(11)5-4-6-14-3/h8-9,11H,4-7H2,1-3H3. The molecule has 0 aliphatic heterocycles. The molecule has 0 spiro atoms. The second-order valence-electron chi connectivity index (χ2n) is 3.45. The summed E-state index contributed by atoms with van der Waals surface area (Å²) < 4.78 is 4.58. The van der Waals surface area contributed by atoms with E-state index in [1.807, 2.05) is 6.26 Å². The Kier molecular flexibility index (Phi) is 7.99. The van der Waals surface area contributed by atoms with Gasteiger partial charge in [-0.15, -0.1) is 0 Å². The molecule has 4 heteroatoms. The van der Waals surface area contributed by atoms with Gasteiger partial charge in [0.05, 0.1) is 19.1 Å². The summed E-state index contributed by atoms with van der Waals surface area (Å²) in [6, 6.07) is 0. The highest BCUT2D eigenvalue weighted by atomic mass is 32.2. The summed E-state index contributed by atoms with van der Waals surface area (Å²) in [5.74, 6) is 0.613. The highest BCUT2D eigenvalue weighted by Crippen LogP contribution is 2.12. The number of thioether (sulfide) groups is 1. The molecule has 0 rings (SSSR count). The zero-order valence-electron chi connectivity index (χ0n) is 9.16. The van der Waals surface area contributed by atoms with Crippen LogP contribution in [0.2, 0.25) is 0 Å². The predicted octanol–water partition coefficient (Wildman–Crippen LogP) is 1.69. The normalized spacial score (nSPS) is 14.9. The van der Waals surface area contributed by atoms with Crippen LogP contribution in [0.4, 0.5) is 0 Å². The molecule has 0 aromatic carbocycles. The summed E-state index contributed by atoms with van der Waals surface area (Å²) in [5, 5.41) is 9.57. The van der Waals surface area contributed by atoms with Crippen LogP contribution in [0, 0.1) is 5.92 Å². The van der Waals surface area contributed by atoms with Crippen LogP contribution in [0.1, 0.15) is 26.2 Å². The van der Waals surface area contributed by atoms with Crippen LogP contribution in [0.15, 0.2) is 0 Å². The zero-order chi connectivity index (χ0) is 11.0. The van der Waals surface area contributed by atoms with Crippen molar-refractivity contribution in [3.63, 3.8) is 0 Å². The Morgan fingerprint density at radius 2 is 2.21 bits per heavy atom. The Balaban J connectivity index is 3.59. The molecule has 0 aromatic heterocycles. The third kappa shape index (κ3) is 6.27. The number of ether oxygens (including phenoxy) is 1. The molecule has 14 heavy (non-hydrogen) atoms. The molecule has 0 fully saturated rings. The van der Waals surface area contributed by atoms with Crippen LogP contribution in [-0.4, -0.2) is 36.3 Å². The van der Waals surface area contributed by atoms with E-state index in [2.05, 4.69) is 4.74 Å². The summed E-state index contributed by atoms with van der Waals surface area (Å²) >= 11 is 1.77. The maximum absolute atomic E-state index is 11.0. The van der Waals surface area contributed by atoms with Crippen molar-refractivity contribution in [1.29, 1.82) is 0 Å². The van der Waals surface area contributed by atoms with E-state index in [1.54, 1.807) is 18.7 Å². The van der Waals surface area contributed by atoms with Gasteiger partial charge >= 0.3 is 5.97 Å². The van der Waals surface area contributed by atoms with Gasteiger partial charge in [-0.1, -0.05) is 6.92 Å². The van der Waals surface area contributed by atoms with Crippen LogP contribution >= 0.6 is 11.8 Å². The van der Waals surface area contributed by atoms with Gasteiger partial charge in [-0.25, -0.2) is 0 Å². The lowest BCUT2D eigenvalue weighted by Gasteiger charge is -2.14. The second-order valence-corrected chi connectivity index (χ2v) is 4.43. The maximum Gasteiger partial charge on any atom is 0.308 e. The van der Waals surface area contributed by atoms with Gasteiger partial charge in [-0.05, 0) is 31.3 Å². The molecule has 0 saturated heterocycles. The monoisotopic (exact) mass is 220 g/mol. The Labute approximate surface area is 90.2 Å². The fourth-order valence-corrected chi connectivity index (χ4v) is 1.74. The molecule has 2 atom stereocenters. The molecular weight excluding hydrogens is 200 g/mol. The van der Waals surface area contributed by atoms with E-state index >= 15 is 0 Å². The van der Waals surface area contributed by atoms with Gasteiger partial charge in [0.2, 0.25) is 0 Å². The topological polar surface area (TPSA) is 46.5 Å². The lowest BCUT2D eigenvalue weighted by atomic mass is 10.0. The summed E-state index contributed by atoms with van der Waals surface area (Å²) in [6.45, 7) is 1.78. The number of carbonyl (C=O) groups excluding carboxylic acids is 1. The lowest BCUT2D eigenvalue weighted by Crippen LogP contribution is -2.19. The number of methoxy groups -OCH3 is 1. The first kappa shape index (κ1) is 13.8. The molecule has 0 saturated carbocycles. The Morgan fingerprint density at radius 1 is 1.57 bits per heavy atom. The fourth-order valence-electron chi connectivity index (χ4n) is 1.29. The molecule has 1 N–H and O–H groups in total. The third-order valence-corrected chi connectivity index (χ3v) is 2.81. The number of hydrogen-bond donors (Lipinski definition) is 1. The van der Waals surface area contributed by atoms with Crippen molar-refractivity contribution in [2.75, 3.05) is 19.1 Å². The molecule has 0 radical (unpaired) electrons. The average Bonchev–Trinajstić information content (AvgIpc) is 2.16. The van der Waals surface area contributed by atoms with Gasteiger partial charge in [-0.3, -0.25) is 4.79 Å².